The molecule has 0 saturated heterocycles. The first-order valence-electron chi connectivity index (χ1n) is 7.22. The predicted octanol–water partition coefficient (Wildman–Crippen LogP) is 2.22. The summed E-state index contributed by atoms with van der Waals surface area (Å²) in [6.45, 7) is 2.57. The summed E-state index contributed by atoms with van der Waals surface area (Å²) >= 11 is 0. The first-order valence-corrected chi connectivity index (χ1v) is 7.22. The number of H-pyrrole nitrogens is 1. The Morgan fingerprint density at radius 2 is 2.13 bits per heavy atom. The van der Waals surface area contributed by atoms with Crippen LogP contribution in [-0.4, -0.2) is 39.5 Å². The summed E-state index contributed by atoms with van der Waals surface area (Å²) in [6.07, 6.45) is 1.64. The summed E-state index contributed by atoms with van der Waals surface area (Å²) < 4.78 is 5.25. The van der Waals surface area contributed by atoms with Crippen molar-refractivity contribution in [1.29, 1.82) is 0 Å². The number of aromatic nitrogens is 5. The third kappa shape index (κ3) is 3.45. The van der Waals surface area contributed by atoms with Gasteiger partial charge in [0.1, 0.15) is 5.75 Å². The van der Waals surface area contributed by atoms with Gasteiger partial charge in [-0.15, -0.1) is 5.10 Å². The van der Waals surface area contributed by atoms with Gasteiger partial charge in [0.25, 0.3) is 0 Å². The smallest absolute Gasteiger partial charge is 0.246 e. The maximum absolute atomic E-state index is 5.25. The van der Waals surface area contributed by atoms with E-state index in [0.717, 1.165) is 28.4 Å². The Hall–Kier alpha value is -2.96. The van der Waals surface area contributed by atoms with Crippen LogP contribution in [0.15, 0.2) is 36.5 Å². The van der Waals surface area contributed by atoms with Crippen LogP contribution in [0.2, 0.25) is 0 Å². The molecule has 0 aliphatic rings. The number of benzene rings is 1. The van der Waals surface area contributed by atoms with E-state index in [4.69, 9.17) is 4.74 Å². The van der Waals surface area contributed by atoms with Crippen molar-refractivity contribution < 1.29 is 4.74 Å². The van der Waals surface area contributed by atoms with Crippen LogP contribution in [0.25, 0.3) is 11.3 Å². The van der Waals surface area contributed by atoms with Crippen LogP contribution >= 0.6 is 0 Å². The molecule has 0 aliphatic heterocycles. The van der Waals surface area contributed by atoms with E-state index in [1.165, 1.54) is 0 Å². The lowest BCUT2D eigenvalue weighted by Crippen LogP contribution is -2.20. The van der Waals surface area contributed by atoms with E-state index in [1.807, 2.05) is 49.2 Å². The molecule has 0 aliphatic carbocycles. The highest BCUT2D eigenvalue weighted by atomic mass is 16.5. The molecule has 0 unspecified atom stereocenters. The van der Waals surface area contributed by atoms with Crippen molar-refractivity contribution in [2.24, 2.45) is 0 Å². The zero-order chi connectivity index (χ0) is 16.2. The second-order valence-electron chi connectivity index (χ2n) is 5.27. The molecule has 1 aromatic carbocycles. The van der Waals surface area contributed by atoms with Gasteiger partial charge in [0.15, 0.2) is 0 Å². The van der Waals surface area contributed by atoms with E-state index >= 15 is 0 Å². The van der Waals surface area contributed by atoms with Crippen LogP contribution in [-0.2, 0) is 6.54 Å². The largest absolute Gasteiger partial charge is 0.497 e. The molecule has 2 heterocycles. The molecule has 0 saturated carbocycles. The van der Waals surface area contributed by atoms with Crippen LogP contribution < -0.4 is 9.64 Å². The minimum Gasteiger partial charge on any atom is -0.497 e. The second-order valence-corrected chi connectivity index (χ2v) is 5.27. The molecule has 23 heavy (non-hydrogen) atoms. The van der Waals surface area contributed by atoms with E-state index < -0.39 is 0 Å². The molecule has 118 valence electrons. The molecular weight excluding hydrogens is 292 g/mol. The third-order valence-electron chi connectivity index (χ3n) is 3.41. The molecule has 1 N–H and O–H groups in total. The topological polar surface area (TPSA) is 79.8 Å². The molecule has 0 bridgehead atoms. The predicted molar refractivity (Wildman–Crippen MR) is 87.2 cm³/mol. The van der Waals surface area contributed by atoms with Gasteiger partial charge in [-0.05, 0) is 25.1 Å². The monoisotopic (exact) mass is 310 g/mol. The number of anilines is 1. The summed E-state index contributed by atoms with van der Waals surface area (Å²) in [5, 5.41) is 15.3. The van der Waals surface area contributed by atoms with E-state index in [0.29, 0.717) is 12.5 Å². The quantitative estimate of drug-likeness (QED) is 0.778. The lowest BCUT2D eigenvalue weighted by atomic mass is 10.1. The fraction of sp³-hybridized carbons (Fsp3) is 0.250. The van der Waals surface area contributed by atoms with E-state index in [1.54, 1.807) is 13.3 Å². The Bertz CT molecular complexity index is 801. The molecule has 7 nitrogen and oxygen atoms in total. The maximum atomic E-state index is 5.25. The highest BCUT2D eigenvalue weighted by Gasteiger charge is 2.10. The van der Waals surface area contributed by atoms with Crippen molar-refractivity contribution in [1.82, 2.24) is 25.4 Å². The summed E-state index contributed by atoms with van der Waals surface area (Å²) in [5.41, 5.74) is 3.64. The van der Waals surface area contributed by atoms with Gasteiger partial charge in [0.2, 0.25) is 5.95 Å². The molecule has 3 aromatic rings. The fourth-order valence-electron chi connectivity index (χ4n) is 2.25. The van der Waals surface area contributed by atoms with E-state index in [9.17, 15) is 0 Å². The Balaban J connectivity index is 1.84. The number of aryl methyl sites for hydroxylation is 1. The van der Waals surface area contributed by atoms with E-state index in [-0.39, 0.29) is 0 Å². The molecule has 0 atom stereocenters. The van der Waals surface area contributed by atoms with Gasteiger partial charge in [-0.1, -0.05) is 12.1 Å². The third-order valence-corrected chi connectivity index (χ3v) is 3.41. The first kappa shape index (κ1) is 15.0. The number of aromatic amines is 1. The van der Waals surface area contributed by atoms with Crippen molar-refractivity contribution in [2.45, 2.75) is 13.5 Å². The molecular formula is C16H18N6O. The van der Waals surface area contributed by atoms with Gasteiger partial charge in [-0.25, -0.2) is 4.98 Å². The van der Waals surface area contributed by atoms with Gasteiger partial charge in [-0.3, -0.25) is 5.10 Å². The van der Waals surface area contributed by atoms with Gasteiger partial charge in [0.05, 0.1) is 31.2 Å². The standard InChI is InChI=1S/C16H18N6O/c1-11-7-13(20-19-11)10-22(2)16-18-15(9-17-21-16)12-5-4-6-14(8-12)23-3/h4-9H,10H2,1-3H3,(H,19,20). The van der Waals surface area contributed by atoms with Gasteiger partial charge < -0.3 is 9.64 Å². The van der Waals surface area contributed by atoms with Crippen molar-refractivity contribution in [3.05, 3.63) is 47.9 Å². The summed E-state index contributed by atoms with van der Waals surface area (Å²) in [7, 11) is 3.55. The van der Waals surface area contributed by atoms with E-state index in [2.05, 4.69) is 25.4 Å². The number of methoxy groups -OCH3 is 1. The van der Waals surface area contributed by atoms with Crippen LogP contribution in [0.5, 0.6) is 5.75 Å². The number of nitrogens with one attached hydrogen (secondary N) is 1. The number of nitrogens with zero attached hydrogens (tertiary/aromatic N) is 5. The minimum atomic E-state index is 0.547. The molecule has 0 radical (unpaired) electrons. The van der Waals surface area contributed by atoms with Crippen LogP contribution in [0.4, 0.5) is 5.95 Å². The lowest BCUT2D eigenvalue weighted by molar-refractivity contribution is 0.415. The average molecular weight is 310 g/mol. The number of rotatable bonds is 5. The molecule has 2 aromatic heterocycles. The Morgan fingerprint density at radius 1 is 1.26 bits per heavy atom. The van der Waals surface area contributed by atoms with Crippen LogP contribution in [0.3, 0.4) is 0 Å². The highest BCUT2D eigenvalue weighted by molar-refractivity contribution is 5.61. The van der Waals surface area contributed by atoms with Crippen LogP contribution in [0, 0.1) is 6.92 Å². The Morgan fingerprint density at radius 3 is 2.87 bits per heavy atom. The lowest BCUT2D eigenvalue weighted by Gasteiger charge is -2.15. The molecule has 0 fully saturated rings. The van der Waals surface area contributed by atoms with Crippen molar-refractivity contribution in [3.8, 4) is 17.0 Å². The molecule has 0 spiro atoms. The maximum Gasteiger partial charge on any atom is 0.246 e. The Kier molecular flexibility index (Phi) is 4.18. The summed E-state index contributed by atoms with van der Waals surface area (Å²) in [4.78, 5) is 6.49. The minimum absolute atomic E-state index is 0.547. The van der Waals surface area contributed by atoms with Crippen molar-refractivity contribution in [2.75, 3.05) is 19.1 Å². The van der Waals surface area contributed by atoms with Gasteiger partial charge >= 0.3 is 0 Å². The van der Waals surface area contributed by atoms with Crippen LogP contribution in [0.1, 0.15) is 11.4 Å². The summed E-state index contributed by atoms with van der Waals surface area (Å²) in [6, 6.07) is 9.70. The second kappa shape index (κ2) is 6.43. The van der Waals surface area contributed by atoms with Gasteiger partial charge in [-0.2, -0.15) is 10.2 Å². The fourth-order valence-corrected chi connectivity index (χ4v) is 2.25. The number of hydrogen-bond donors (Lipinski definition) is 1. The number of ether oxygens (including phenoxy) is 1. The van der Waals surface area contributed by atoms with Crippen molar-refractivity contribution >= 4 is 5.95 Å². The van der Waals surface area contributed by atoms with Gasteiger partial charge in [0, 0.05) is 18.3 Å². The zero-order valence-electron chi connectivity index (χ0n) is 13.3. The summed E-state index contributed by atoms with van der Waals surface area (Å²) in [5.74, 6) is 1.33. The SMILES string of the molecule is COc1cccc(-c2cnnc(N(C)Cc3cc(C)[nH]n3)n2)c1. The molecule has 7 heteroatoms. The molecule has 0 amide bonds. The normalized spacial score (nSPS) is 10.6. The van der Waals surface area contributed by atoms with Crippen molar-refractivity contribution in [3.63, 3.8) is 0 Å². The Labute approximate surface area is 134 Å². The average Bonchev–Trinajstić information content (AvgIpc) is 3.00. The number of hydrogen-bond acceptors (Lipinski definition) is 6. The first-order chi connectivity index (χ1) is 11.2. The highest BCUT2D eigenvalue weighted by Crippen LogP contribution is 2.22. The zero-order valence-corrected chi connectivity index (χ0v) is 13.3. The molecule has 3 rings (SSSR count).